The Balaban J connectivity index is 1.22. The standard InChI is InChI=1S/C38H45N7O2/c1-31(46)45-19-8-18-42(29-32-9-3-2-4-10-32)23-26-44(30-35-27-33(13-14-36(35)45)34-11-7-16-39-28-34)38(47)15-20-41-21-24-43(25-22-41)37-12-5-6-17-40-37/h2-7,9-14,16-17,27-28H,8,15,18-26,29-30H2,1H3. The Morgan fingerprint density at radius 1 is 0.745 bits per heavy atom. The van der Waals surface area contributed by atoms with Crippen LogP contribution in [-0.4, -0.2) is 95.4 Å². The van der Waals surface area contributed by atoms with Crippen molar-refractivity contribution in [3.05, 3.63) is 109 Å². The number of carbonyl (C=O) groups excluding carboxylic acids is 2. The second-order valence-electron chi connectivity index (χ2n) is 12.5. The Kier molecular flexibility index (Phi) is 10.9. The summed E-state index contributed by atoms with van der Waals surface area (Å²) in [6.45, 7) is 10.1. The molecule has 6 rings (SSSR count). The minimum Gasteiger partial charge on any atom is -0.354 e. The van der Waals surface area contributed by atoms with E-state index in [0.717, 1.165) is 87.0 Å². The molecule has 0 bridgehead atoms. The summed E-state index contributed by atoms with van der Waals surface area (Å²) in [5, 5.41) is 0. The number of hydrogen-bond donors (Lipinski definition) is 0. The quantitative estimate of drug-likeness (QED) is 0.286. The van der Waals surface area contributed by atoms with Crippen LogP contribution in [0.4, 0.5) is 11.5 Å². The predicted octanol–water partition coefficient (Wildman–Crippen LogP) is 4.94. The van der Waals surface area contributed by atoms with Gasteiger partial charge >= 0.3 is 0 Å². The minimum absolute atomic E-state index is 0.0111. The Bertz CT molecular complexity index is 1590. The summed E-state index contributed by atoms with van der Waals surface area (Å²) in [6, 6.07) is 26.7. The van der Waals surface area contributed by atoms with E-state index in [2.05, 4.69) is 67.1 Å². The van der Waals surface area contributed by atoms with E-state index in [0.29, 0.717) is 26.1 Å². The molecule has 0 saturated carbocycles. The molecule has 1 fully saturated rings. The van der Waals surface area contributed by atoms with Crippen LogP contribution < -0.4 is 9.80 Å². The SMILES string of the molecule is CC(=O)N1CCCN(Cc2ccccc2)CCN(C(=O)CCN2CCN(c3ccccn3)CC2)Cc2cc(-c3cccnc3)ccc21. The molecule has 0 N–H and O–H groups in total. The summed E-state index contributed by atoms with van der Waals surface area (Å²) in [4.78, 5) is 47.0. The van der Waals surface area contributed by atoms with E-state index >= 15 is 0 Å². The molecule has 2 aromatic carbocycles. The van der Waals surface area contributed by atoms with E-state index in [1.54, 1.807) is 13.1 Å². The number of pyridine rings is 2. The number of aromatic nitrogens is 2. The van der Waals surface area contributed by atoms with E-state index in [9.17, 15) is 9.59 Å². The number of anilines is 2. The second-order valence-corrected chi connectivity index (χ2v) is 12.5. The van der Waals surface area contributed by atoms with E-state index in [-0.39, 0.29) is 11.8 Å². The second kappa shape index (κ2) is 15.8. The normalized spacial score (nSPS) is 16.7. The molecule has 0 radical (unpaired) electrons. The van der Waals surface area contributed by atoms with Gasteiger partial charge in [-0.1, -0.05) is 48.5 Å². The average Bonchev–Trinajstić information content (AvgIpc) is 3.15. The first-order valence-electron chi connectivity index (χ1n) is 16.8. The van der Waals surface area contributed by atoms with Gasteiger partial charge < -0.3 is 14.7 Å². The lowest BCUT2D eigenvalue weighted by atomic mass is 10.0. The van der Waals surface area contributed by atoms with Gasteiger partial charge in [0, 0.05) is 110 Å². The van der Waals surface area contributed by atoms with Crippen molar-refractivity contribution in [1.82, 2.24) is 24.7 Å². The highest BCUT2D eigenvalue weighted by Crippen LogP contribution is 2.30. The average molecular weight is 632 g/mol. The topological polar surface area (TPSA) is 76.1 Å². The number of rotatable bonds is 7. The number of fused-ring (bicyclic) bond motifs is 1. The monoisotopic (exact) mass is 631 g/mol. The van der Waals surface area contributed by atoms with Crippen LogP contribution in [-0.2, 0) is 22.7 Å². The molecule has 9 heteroatoms. The molecule has 2 aliphatic rings. The molecule has 0 aliphatic carbocycles. The minimum atomic E-state index is 0.0111. The van der Waals surface area contributed by atoms with E-state index in [4.69, 9.17) is 0 Å². The van der Waals surface area contributed by atoms with Gasteiger partial charge in [-0.25, -0.2) is 4.98 Å². The van der Waals surface area contributed by atoms with E-state index in [1.807, 2.05) is 58.6 Å². The molecule has 9 nitrogen and oxygen atoms in total. The lowest BCUT2D eigenvalue weighted by molar-refractivity contribution is -0.132. The smallest absolute Gasteiger partial charge is 0.224 e. The highest BCUT2D eigenvalue weighted by atomic mass is 16.2. The van der Waals surface area contributed by atoms with Crippen LogP contribution >= 0.6 is 0 Å². The molecule has 2 amide bonds. The van der Waals surface area contributed by atoms with Crippen LogP contribution in [0.3, 0.4) is 0 Å². The van der Waals surface area contributed by atoms with Gasteiger partial charge in [0.2, 0.25) is 11.8 Å². The molecule has 1 saturated heterocycles. The summed E-state index contributed by atoms with van der Waals surface area (Å²) < 4.78 is 0. The van der Waals surface area contributed by atoms with Gasteiger partial charge in [0.15, 0.2) is 0 Å². The van der Waals surface area contributed by atoms with Crippen LogP contribution in [0.1, 0.15) is 30.9 Å². The van der Waals surface area contributed by atoms with Crippen molar-refractivity contribution in [2.24, 2.45) is 0 Å². The van der Waals surface area contributed by atoms with E-state index in [1.165, 1.54) is 5.56 Å². The number of benzene rings is 2. The van der Waals surface area contributed by atoms with Crippen molar-refractivity contribution in [3.63, 3.8) is 0 Å². The molecule has 244 valence electrons. The fourth-order valence-corrected chi connectivity index (χ4v) is 6.61. The summed E-state index contributed by atoms with van der Waals surface area (Å²) in [5.41, 5.74) is 5.15. The lowest BCUT2D eigenvalue weighted by Crippen LogP contribution is -2.48. The first-order chi connectivity index (χ1) is 23.0. The van der Waals surface area contributed by atoms with E-state index < -0.39 is 0 Å². The maximum atomic E-state index is 14.1. The Morgan fingerprint density at radius 3 is 2.30 bits per heavy atom. The lowest BCUT2D eigenvalue weighted by Gasteiger charge is -2.35. The molecular formula is C38H45N7O2. The van der Waals surface area contributed by atoms with Gasteiger partial charge in [-0.3, -0.25) is 24.4 Å². The third kappa shape index (κ3) is 8.61. The zero-order chi connectivity index (χ0) is 32.4. The molecule has 0 unspecified atom stereocenters. The molecule has 0 atom stereocenters. The number of nitrogens with zero attached hydrogens (tertiary/aromatic N) is 7. The zero-order valence-electron chi connectivity index (χ0n) is 27.4. The fourth-order valence-electron chi connectivity index (χ4n) is 6.61. The molecular weight excluding hydrogens is 586 g/mol. The summed E-state index contributed by atoms with van der Waals surface area (Å²) in [5.74, 6) is 1.16. The summed E-state index contributed by atoms with van der Waals surface area (Å²) in [7, 11) is 0. The van der Waals surface area contributed by atoms with Gasteiger partial charge in [-0.05, 0) is 59.0 Å². The van der Waals surface area contributed by atoms with Crippen molar-refractivity contribution >= 4 is 23.3 Å². The molecule has 4 heterocycles. The maximum absolute atomic E-state index is 14.1. The van der Waals surface area contributed by atoms with Crippen molar-refractivity contribution in [2.45, 2.75) is 32.9 Å². The largest absolute Gasteiger partial charge is 0.354 e. The maximum Gasteiger partial charge on any atom is 0.224 e. The van der Waals surface area contributed by atoms with Crippen molar-refractivity contribution in [3.8, 4) is 11.1 Å². The van der Waals surface area contributed by atoms with Crippen LogP contribution in [0.15, 0.2) is 97.5 Å². The Hall–Kier alpha value is -4.60. The predicted molar refractivity (Wildman–Crippen MR) is 187 cm³/mol. The van der Waals surface area contributed by atoms with Crippen LogP contribution in [0.5, 0.6) is 0 Å². The zero-order valence-corrected chi connectivity index (χ0v) is 27.4. The van der Waals surface area contributed by atoms with Gasteiger partial charge in [-0.15, -0.1) is 0 Å². The fraction of sp³-hybridized carbons (Fsp3) is 0.368. The molecule has 0 spiro atoms. The molecule has 2 aromatic heterocycles. The van der Waals surface area contributed by atoms with Gasteiger partial charge in [-0.2, -0.15) is 0 Å². The van der Waals surface area contributed by atoms with Crippen LogP contribution in [0.25, 0.3) is 11.1 Å². The Morgan fingerprint density at radius 2 is 1.55 bits per heavy atom. The van der Waals surface area contributed by atoms with Crippen molar-refractivity contribution in [2.75, 3.05) is 68.7 Å². The Labute approximate surface area is 278 Å². The number of piperazine rings is 1. The third-order valence-electron chi connectivity index (χ3n) is 9.24. The molecule has 47 heavy (non-hydrogen) atoms. The first-order valence-corrected chi connectivity index (χ1v) is 16.8. The first kappa shape index (κ1) is 32.3. The highest BCUT2D eigenvalue weighted by molar-refractivity contribution is 5.93. The number of hydrogen-bond acceptors (Lipinski definition) is 7. The van der Waals surface area contributed by atoms with Crippen molar-refractivity contribution < 1.29 is 9.59 Å². The van der Waals surface area contributed by atoms with Crippen LogP contribution in [0, 0.1) is 0 Å². The molecule has 4 aromatic rings. The van der Waals surface area contributed by atoms with Crippen molar-refractivity contribution in [1.29, 1.82) is 0 Å². The van der Waals surface area contributed by atoms with Gasteiger partial charge in [0.25, 0.3) is 0 Å². The van der Waals surface area contributed by atoms with Gasteiger partial charge in [0.1, 0.15) is 5.82 Å². The summed E-state index contributed by atoms with van der Waals surface area (Å²) >= 11 is 0. The van der Waals surface area contributed by atoms with Crippen LogP contribution in [0.2, 0.25) is 0 Å². The van der Waals surface area contributed by atoms with Gasteiger partial charge in [0.05, 0.1) is 0 Å². The molecule has 2 aliphatic heterocycles. The number of amides is 2. The highest BCUT2D eigenvalue weighted by Gasteiger charge is 2.24. The third-order valence-corrected chi connectivity index (χ3v) is 9.24. The number of carbonyl (C=O) groups is 2. The summed E-state index contributed by atoms with van der Waals surface area (Å²) in [6.07, 6.45) is 6.76.